The van der Waals surface area contributed by atoms with Gasteiger partial charge in [0.15, 0.2) is 0 Å². The van der Waals surface area contributed by atoms with Gasteiger partial charge < -0.3 is 9.64 Å². The van der Waals surface area contributed by atoms with Crippen LogP contribution in [-0.4, -0.2) is 36.8 Å². The van der Waals surface area contributed by atoms with Gasteiger partial charge in [-0.3, -0.25) is 0 Å². The molecule has 0 saturated carbocycles. The molecular formula is C8H9BrF3N3O. The normalized spacial score (nSPS) is 11.4. The first-order chi connectivity index (χ1) is 7.33. The van der Waals surface area contributed by atoms with E-state index in [1.54, 1.807) is 0 Å². The van der Waals surface area contributed by atoms with E-state index in [9.17, 15) is 13.2 Å². The van der Waals surface area contributed by atoms with Crippen molar-refractivity contribution in [2.75, 3.05) is 25.6 Å². The van der Waals surface area contributed by atoms with E-state index in [4.69, 9.17) is 4.74 Å². The van der Waals surface area contributed by atoms with Gasteiger partial charge in [0.2, 0.25) is 11.8 Å². The highest BCUT2D eigenvalue weighted by Gasteiger charge is 2.30. The highest BCUT2D eigenvalue weighted by molar-refractivity contribution is 9.10. The molecule has 0 spiro atoms. The third kappa shape index (κ3) is 3.51. The van der Waals surface area contributed by atoms with Crippen LogP contribution in [-0.2, 0) is 0 Å². The van der Waals surface area contributed by atoms with Gasteiger partial charge in [-0.25, -0.2) is 4.98 Å². The Bertz CT molecular complexity index is 372. The van der Waals surface area contributed by atoms with Crippen molar-refractivity contribution >= 4 is 21.9 Å². The highest BCUT2D eigenvalue weighted by Crippen LogP contribution is 2.24. The van der Waals surface area contributed by atoms with E-state index in [0.29, 0.717) is 4.47 Å². The number of halogens is 4. The second-order valence-corrected chi connectivity index (χ2v) is 3.85. The van der Waals surface area contributed by atoms with Gasteiger partial charge in [0.05, 0.1) is 17.8 Å². The van der Waals surface area contributed by atoms with E-state index in [1.165, 1.54) is 20.4 Å². The van der Waals surface area contributed by atoms with Crippen LogP contribution in [0.2, 0.25) is 0 Å². The summed E-state index contributed by atoms with van der Waals surface area (Å²) in [6.45, 7) is -1.11. The lowest BCUT2D eigenvalue weighted by molar-refractivity contribution is -0.119. The summed E-state index contributed by atoms with van der Waals surface area (Å²) in [5.74, 6) is 0.149. The molecule has 90 valence electrons. The molecule has 0 aliphatic heterocycles. The third-order valence-electron chi connectivity index (χ3n) is 1.65. The third-order valence-corrected chi connectivity index (χ3v) is 2.19. The predicted molar refractivity (Wildman–Crippen MR) is 55.6 cm³/mol. The number of anilines is 1. The molecule has 1 aromatic heterocycles. The fraction of sp³-hybridized carbons (Fsp3) is 0.500. The molecular weight excluding hydrogens is 291 g/mol. The van der Waals surface area contributed by atoms with Gasteiger partial charge in [-0.1, -0.05) is 0 Å². The monoisotopic (exact) mass is 299 g/mol. The first-order valence-corrected chi connectivity index (χ1v) is 4.97. The van der Waals surface area contributed by atoms with Gasteiger partial charge in [0, 0.05) is 7.05 Å². The van der Waals surface area contributed by atoms with Crippen LogP contribution in [0.25, 0.3) is 0 Å². The molecule has 1 heterocycles. The maximum atomic E-state index is 12.1. The molecule has 1 aromatic rings. The number of hydrogen-bond donors (Lipinski definition) is 0. The molecule has 0 bridgehead atoms. The second-order valence-electron chi connectivity index (χ2n) is 3.00. The van der Waals surface area contributed by atoms with E-state index < -0.39 is 12.7 Å². The van der Waals surface area contributed by atoms with Gasteiger partial charge in [-0.05, 0) is 15.9 Å². The summed E-state index contributed by atoms with van der Waals surface area (Å²) in [5.41, 5.74) is 0. The highest BCUT2D eigenvalue weighted by atomic mass is 79.9. The number of alkyl halides is 3. The number of ether oxygens (including phenoxy) is 1. The molecule has 0 radical (unpaired) electrons. The largest absolute Gasteiger partial charge is 0.480 e. The fourth-order valence-corrected chi connectivity index (χ4v) is 1.36. The van der Waals surface area contributed by atoms with E-state index in [2.05, 4.69) is 25.9 Å². The smallest absolute Gasteiger partial charge is 0.406 e. The molecule has 0 aromatic carbocycles. The zero-order chi connectivity index (χ0) is 12.3. The summed E-state index contributed by atoms with van der Waals surface area (Å²) in [4.78, 5) is 8.48. The summed E-state index contributed by atoms with van der Waals surface area (Å²) in [5, 5.41) is 0. The molecule has 0 atom stereocenters. The quantitative estimate of drug-likeness (QED) is 0.858. The van der Waals surface area contributed by atoms with Crippen LogP contribution in [0.3, 0.4) is 0 Å². The molecule has 0 aliphatic carbocycles. The molecule has 0 unspecified atom stereocenters. The van der Waals surface area contributed by atoms with Crippen LogP contribution in [0.1, 0.15) is 0 Å². The van der Waals surface area contributed by atoms with Crippen LogP contribution in [0.4, 0.5) is 19.1 Å². The van der Waals surface area contributed by atoms with E-state index >= 15 is 0 Å². The van der Waals surface area contributed by atoms with Crippen LogP contribution in [0.5, 0.6) is 5.88 Å². The molecule has 4 nitrogen and oxygen atoms in total. The van der Waals surface area contributed by atoms with Crippen LogP contribution < -0.4 is 9.64 Å². The number of rotatable bonds is 3. The molecule has 0 aliphatic rings. The first-order valence-electron chi connectivity index (χ1n) is 4.18. The zero-order valence-corrected chi connectivity index (χ0v) is 10.1. The summed E-state index contributed by atoms with van der Waals surface area (Å²) in [7, 11) is 2.64. The molecule has 16 heavy (non-hydrogen) atoms. The average Bonchev–Trinajstić information content (AvgIpc) is 2.15. The number of nitrogens with zero attached hydrogens (tertiary/aromatic N) is 3. The van der Waals surface area contributed by atoms with Crippen LogP contribution >= 0.6 is 15.9 Å². The minimum Gasteiger partial charge on any atom is -0.480 e. The first kappa shape index (κ1) is 13.0. The van der Waals surface area contributed by atoms with Crippen molar-refractivity contribution in [1.82, 2.24) is 9.97 Å². The summed E-state index contributed by atoms with van der Waals surface area (Å²) < 4.78 is 41.7. The Balaban J connectivity index is 2.88. The van der Waals surface area contributed by atoms with Gasteiger partial charge >= 0.3 is 6.18 Å². The molecule has 0 fully saturated rings. The Morgan fingerprint density at radius 1 is 1.50 bits per heavy atom. The topological polar surface area (TPSA) is 38.2 Å². The van der Waals surface area contributed by atoms with Crippen molar-refractivity contribution < 1.29 is 17.9 Å². The molecule has 1 rings (SSSR count). The van der Waals surface area contributed by atoms with Gasteiger partial charge in [-0.15, -0.1) is 0 Å². The van der Waals surface area contributed by atoms with Crippen molar-refractivity contribution in [1.29, 1.82) is 0 Å². The fourth-order valence-electron chi connectivity index (χ4n) is 1.01. The van der Waals surface area contributed by atoms with E-state index in [-0.39, 0.29) is 11.8 Å². The molecule has 0 N–H and O–H groups in total. The van der Waals surface area contributed by atoms with Gasteiger partial charge in [0.25, 0.3) is 0 Å². The Labute approximate surface area is 98.6 Å². The molecule has 0 amide bonds. The van der Waals surface area contributed by atoms with Crippen molar-refractivity contribution in [2.24, 2.45) is 0 Å². The van der Waals surface area contributed by atoms with Gasteiger partial charge in [0.1, 0.15) is 6.54 Å². The Kier molecular flexibility index (Phi) is 3.95. The van der Waals surface area contributed by atoms with E-state index in [0.717, 1.165) is 4.90 Å². The maximum absolute atomic E-state index is 12.1. The summed E-state index contributed by atoms with van der Waals surface area (Å²) in [6, 6.07) is 0. The van der Waals surface area contributed by atoms with Crippen LogP contribution in [0, 0.1) is 0 Å². The standard InChI is InChI=1S/C8H9BrF3N3O/c1-15(4-8(10,11)12)7-13-3-5(9)6(14-7)16-2/h3H,4H2,1-2H3. The number of hydrogen-bond acceptors (Lipinski definition) is 4. The lowest BCUT2D eigenvalue weighted by Crippen LogP contribution is -2.32. The lowest BCUT2D eigenvalue weighted by Gasteiger charge is -2.19. The Morgan fingerprint density at radius 3 is 2.62 bits per heavy atom. The zero-order valence-electron chi connectivity index (χ0n) is 8.55. The van der Waals surface area contributed by atoms with Crippen molar-refractivity contribution in [3.8, 4) is 5.88 Å². The average molecular weight is 300 g/mol. The van der Waals surface area contributed by atoms with Crippen molar-refractivity contribution in [3.63, 3.8) is 0 Å². The second kappa shape index (κ2) is 4.86. The minimum atomic E-state index is -4.29. The molecule has 8 heteroatoms. The van der Waals surface area contributed by atoms with Crippen molar-refractivity contribution in [2.45, 2.75) is 6.18 Å². The Hall–Kier alpha value is -1.05. The Morgan fingerprint density at radius 2 is 2.12 bits per heavy atom. The number of aromatic nitrogens is 2. The summed E-state index contributed by atoms with van der Waals surface area (Å²) in [6.07, 6.45) is -2.95. The lowest BCUT2D eigenvalue weighted by atomic mass is 10.5. The van der Waals surface area contributed by atoms with Crippen molar-refractivity contribution in [3.05, 3.63) is 10.7 Å². The van der Waals surface area contributed by atoms with Crippen LogP contribution in [0.15, 0.2) is 10.7 Å². The van der Waals surface area contributed by atoms with Gasteiger partial charge in [-0.2, -0.15) is 18.2 Å². The SMILES string of the molecule is COc1nc(N(C)CC(F)(F)F)ncc1Br. The number of methoxy groups -OCH3 is 1. The summed E-state index contributed by atoms with van der Waals surface area (Å²) >= 11 is 3.11. The molecule has 0 saturated heterocycles. The minimum absolute atomic E-state index is 0.0441. The maximum Gasteiger partial charge on any atom is 0.406 e. The predicted octanol–water partition coefficient (Wildman–Crippen LogP) is 2.25. The van der Waals surface area contributed by atoms with E-state index in [1.807, 2.05) is 0 Å².